The minimum atomic E-state index is -4.14. The standard InChI is InChI=1S/C14H22F3N/c1-11(2)18-13(3,10-14(15,16)17)9-12-7-5-4-6-8-12/h4-5,7,11,18H,6,8-10H2,1-3H3/t13-/m1/s1. The van der Waals surface area contributed by atoms with Gasteiger partial charge in [0.1, 0.15) is 0 Å². The largest absolute Gasteiger partial charge is 0.390 e. The molecule has 0 heterocycles. The zero-order chi connectivity index (χ0) is 13.8. The molecule has 1 atom stereocenters. The molecule has 0 bridgehead atoms. The normalized spacial score (nSPS) is 19.8. The Hall–Kier alpha value is -0.770. The van der Waals surface area contributed by atoms with Crippen LogP contribution in [0.15, 0.2) is 23.8 Å². The summed E-state index contributed by atoms with van der Waals surface area (Å²) in [7, 11) is 0. The van der Waals surface area contributed by atoms with Gasteiger partial charge in [-0.25, -0.2) is 0 Å². The molecule has 104 valence electrons. The summed E-state index contributed by atoms with van der Waals surface area (Å²) in [6, 6.07) is 0.0390. The molecule has 0 aromatic rings. The first-order valence-electron chi connectivity index (χ1n) is 6.39. The molecule has 0 aromatic heterocycles. The number of nitrogens with one attached hydrogen (secondary N) is 1. The molecule has 0 saturated carbocycles. The van der Waals surface area contributed by atoms with Crippen LogP contribution in [0.2, 0.25) is 0 Å². The van der Waals surface area contributed by atoms with E-state index in [1.807, 2.05) is 32.1 Å². The third-order valence-corrected chi connectivity index (χ3v) is 2.95. The Morgan fingerprint density at radius 1 is 1.33 bits per heavy atom. The summed E-state index contributed by atoms with van der Waals surface area (Å²) in [6.45, 7) is 5.42. The molecule has 0 amide bonds. The van der Waals surface area contributed by atoms with Crippen LogP contribution in [0, 0.1) is 0 Å². The maximum absolute atomic E-state index is 12.7. The number of hydrogen-bond donors (Lipinski definition) is 1. The van der Waals surface area contributed by atoms with E-state index >= 15 is 0 Å². The molecule has 0 spiro atoms. The van der Waals surface area contributed by atoms with Crippen LogP contribution < -0.4 is 5.32 Å². The Kier molecular flexibility index (Phi) is 5.02. The zero-order valence-corrected chi connectivity index (χ0v) is 11.3. The SMILES string of the molecule is CC(C)N[C@](C)(CC1=CC=CCC1)CC(F)(F)F. The van der Waals surface area contributed by atoms with E-state index in [1.165, 1.54) is 0 Å². The summed E-state index contributed by atoms with van der Waals surface area (Å²) < 4.78 is 38.0. The smallest absolute Gasteiger partial charge is 0.309 e. The van der Waals surface area contributed by atoms with Gasteiger partial charge in [0.05, 0.1) is 6.42 Å². The fraction of sp³-hybridized carbons (Fsp3) is 0.714. The van der Waals surface area contributed by atoms with Gasteiger partial charge in [0.15, 0.2) is 0 Å². The van der Waals surface area contributed by atoms with Crippen LogP contribution in [0.1, 0.15) is 46.5 Å². The van der Waals surface area contributed by atoms with Crippen LogP contribution in [0.4, 0.5) is 13.2 Å². The molecule has 4 heteroatoms. The third-order valence-electron chi connectivity index (χ3n) is 2.95. The summed E-state index contributed by atoms with van der Waals surface area (Å²) in [4.78, 5) is 0. The molecule has 0 aromatic carbocycles. The third kappa shape index (κ3) is 5.71. The summed E-state index contributed by atoms with van der Waals surface area (Å²) in [5, 5.41) is 3.08. The van der Waals surface area contributed by atoms with Gasteiger partial charge in [0.2, 0.25) is 0 Å². The molecule has 0 aliphatic heterocycles. The molecular weight excluding hydrogens is 239 g/mol. The summed E-state index contributed by atoms with van der Waals surface area (Å²) >= 11 is 0. The predicted molar refractivity (Wildman–Crippen MR) is 68.4 cm³/mol. The highest BCUT2D eigenvalue weighted by Gasteiger charge is 2.39. The molecule has 1 rings (SSSR count). The molecule has 1 aliphatic carbocycles. The highest BCUT2D eigenvalue weighted by molar-refractivity contribution is 5.20. The molecule has 1 aliphatic rings. The van der Waals surface area contributed by atoms with Crippen LogP contribution in [0.3, 0.4) is 0 Å². The minimum absolute atomic E-state index is 0.0390. The number of hydrogen-bond acceptors (Lipinski definition) is 1. The van der Waals surface area contributed by atoms with E-state index in [1.54, 1.807) is 6.92 Å². The van der Waals surface area contributed by atoms with Gasteiger partial charge in [-0.3, -0.25) is 0 Å². The van der Waals surface area contributed by atoms with Crippen molar-refractivity contribution < 1.29 is 13.2 Å². The zero-order valence-electron chi connectivity index (χ0n) is 11.3. The first kappa shape index (κ1) is 15.3. The maximum Gasteiger partial charge on any atom is 0.390 e. The molecule has 0 saturated heterocycles. The lowest BCUT2D eigenvalue weighted by Crippen LogP contribution is -2.49. The lowest BCUT2D eigenvalue weighted by Gasteiger charge is -2.35. The van der Waals surface area contributed by atoms with Crippen molar-refractivity contribution in [2.24, 2.45) is 0 Å². The van der Waals surface area contributed by atoms with E-state index in [0.29, 0.717) is 6.42 Å². The van der Waals surface area contributed by atoms with Gasteiger partial charge in [0, 0.05) is 11.6 Å². The average molecular weight is 261 g/mol. The highest BCUT2D eigenvalue weighted by Crippen LogP contribution is 2.33. The van der Waals surface area contributed by atoms with E-state index in [2.05, 4.69) is 5.32 Å². The predicted octanol–water partition coefficient (Wildman–Crippen LogP) is 4.36. The van der Waals surface area contributed by atoms with Crippen LogP contribution in [0.5, 0.6) is 0 Å². The molecule has 1 nitrogen and oxygen atoms in total. The van der Waals surface area contributed by atoms with Crippen molar-refractivity contribution in [2.45, 2.75) is 64.2 Å². The van der Waals surface area contributed by atoms with E-state index in [4.69, 9.17) is 0 Å². The van der Waals surface area contributed by atoms with Gasteiger partial charge in [-0.15, -0.1) is 0 Å². The van der Waals surface area contributed by atoms with Crippen LogP contribution in [-0.4, -0.2) is 17.8 Å². The Morgan fingerprint density at radius 3 is 2.44 bits per heavy atom. The molecule has 0 radical (unpaired) electrons. The molecule has 18 heavy (non-hydrogen) atoms. The fourth-order valence-electron chi connectivity index (χ4n) is 2.60. The molecule has 0 unspecified atom stereocenters. The number of alkyl halides is 3. The monoisotopic (exact) mass is 261 g/mol. The number of allylic oxidation sites excluding steroid dienone is 3. The Balaban J connectivity index is 2.76. The van der Waals surface area contributed by atoms with Crippen molar-refractivity contribution in [3.05, 3.63) is 23.8 Å². The average Bonchev–Trinajstić information content (AvgIpc) is 2.13. The second-order valence-electron chi connectivity index (χ2n) is 5.62. The van der Waals surface area contributed by atoms with Gasteiger partial charge in [-0.2, -0.15) is 13.2 Å². The van der Waals surface area contributed by atoms with Gasteiger partial charge in [-0.05, 0) is 26.2 Å². The van der Waals surface area contributed by atoms with Crippen LogP contribution in [-0.2, 0) is 0 Å². The van der Waals surface area contributed by atoms with Crippen molar-refractivity contribution in [3.63, 3.8) is 0 Å². The van der Waals surface area contributed by atoms with Crippen molar-refractivity contribution in [1.82, 2.24) is 5.32 Å². The van der Waals surface area contributed by atoms with E-state index in [-0.39, 0.29) is 6.04 Å². The van der Waals surface area contributed by atoms with E-state index in [0.717, 1.165) is 18.4 Å². The topological polar surface area (TPSA) is 12.0 Å². The summed E-state index contributed by atoms with van der Waals surface area (Å²) in [6.07, 6.45) is 3.23. The second-order valence-corrected chi connectivity index (χ2v) is 5.62. The molecule has 1 N–H and O–H groups in total. The summed E-state index contributed by atoms with van der Waals surface area (Å²) in [5.41, 5.74) is 0.182. The molecular formula is C14H22F3N. The number of rotatable bonds is 5. The fourth-order valence-corrected chi connectivity index (χ4v) is 2.60. The van der Waals surface area contributed by atoms with Gasteiger partial charge in [0.25, 0.3) is 0 Å². The van der Waals surface area contributed by atoms with Gasteiger partial charge >= 0.3 is 6.18 Å². The lowest BCUT2D eigenvalue weighted by atomic mass is 9.85. The van der Waals surface area contributed by atoms with Crippen molar-refractivity contribution >= 4 is 0 Å². The lowest BCUT2D eigenvalue weighted by molar-refractivity contribution is -0.149. The van der Waals surface area contributed by atoms with Crippen LogP contribution in [0.25, 0.3) is 0 Å². The Labute approximate surface area is 107 Å². The maximum atomic E-state index is 12.7. The van der Waals surface area contributed by atoms with Gasteiger partial charge in [-0.1, -0.05) is 37.6 Å². The van der Waals surface area contributed by atoms with E-state index in [9.17, 15) is 13.2 Å². The number of halogens is 3. The highest BCUT2D eigenvalue weighted by atomic mass is 19.4. The van der Waals surface area contributed by atoms with Gasteiger partial charge < -0.3 is 5.32 Å². The van der Waals surface area contributed by atoms with Crippen molar-refractivity contribution in [1.29, 1.82) is 0 Å². The first-order valence-corrected chi connectivity index (χ1v) is 6.39. The minimum Gasteiger partial charge on any atom is -0.309 e. The summed E-state index contributed by atoms with van der Waals surface area (Å²) in [5.74, 6) is 0. The quantitative estimate of drug-likeness (QED) is 0.775. The molecule has 0 fully saturated rings. The van der Waals surface area contributed by atoms with E-state index < -0.39 is 18.1 Å². The van der Waals surface area contributed by atoms with Crippen molar-refractivity contribution in [3.8, 4) is 0 Å². The van der Waals surface area contributed by atoms with Crippen LogP contribution >= 0.6 is 0 Å². The van der Waals surface area contributed by atoms with Crippen molar-refractivity contribution in [2.75, 3.05) is 0 Å². The Bertz CT molecular complexity index is 328. The second kappa shape index (κ2) is 5.91. The first-order chi connectivity index (χ1) is 8.20. The Morgan fingerprint density at radius 2 is 2.00 bits per heavy atom.